The van der Waals surface area contributed by atoms with Crippen LogP contribution in [-0.4, -0.2) is 31.4 Å². The highest BCUT2D eigenvalue weighted by Crippen LogP contribution is 2.44. The van der Waals surface area contributed by atoms with Crippen LogP contribution in [0, 0.1) is 0 Å². The Kier molecular flexibility index (Phi) is 4.82. The lowest BCUT2D eigenvalue weighted by Gasteiger charge is -2.39. The second kappa shape index (κ2) is 6.82. The molecular weight excluding hydrogens is 272 g/mol. The quantitative estimate of drug-likeness (QED) is 0.610. The van der Waals surface area contributed by atoms with Crippen molar-refractivity contribution in [2.24, 2.45) is 4.99 Å². The second-order valence-corrected chi connectivity index (χ2v) is 6.67. The average molecular weight is 300 g/mol. The molecule has 0 unspecified atom stereocenters. The Bertz CT molecular complexity index is 530. The van der Waals surface area contributed by atoms with Crippen molar-refractivity contribution in [2.75, 3.05) is 20.2 Å². The highest BCUT2D eigenvalue weighted by molar-refractivity contribution is 5.62. The van der Waals surface area contributed by atoms with Gasteiger partial charge < -0.3 is 9.64 Å². The van der Waals surface area contributed by atoms with Crippen LogP contribution in [0.4, 0.5) is 5.69 Å². The lowest BCUT2D eigenvalue weighted by Crippen LogP contribution is -2.35. The third-order valence-electron chi connectivity index (χ3n) is 5.14. The lowest BCUT2D eigenvalue weighted by molar-refractivity contribution is -0.0712. The molecule has 22 heavy (non-hydrogen) atoms. The maximum atomic E-state index is 6.32. The minimum absolute atomic E-state index is 0.00740. The first-order valence-corrected chi connectivity index (χ1v) is 8.75. The first-order chi connectivity index (χ1) is 10.7. The molecule has 3 nitrogen and oxygen atoms in total. The first-order valence-electron chi connectivity index (χ1n) is 8.75. The fourth-order valence-corrected chi connectivity index (χ4v) is 3.71. The summed E-state index contributed by atoms with van der Waals surface area (Å²) in [5.74, 6) is 0. The van der Waals surface area contributed by atoms with Crippen LogP contribution in [0.15, 0.2) is 23.2 Å². The van der Waals surface area contributed by atoms with E-state index in [4.69, 9.17) is 4.74 Å². The topological polar surface area (TPSA) is 24.8 Å². The molecule has 1 aromatic carbocycles. The molecule has 1 aliphatic carbocycles. The van der Waals surface area contributed by atoms with Crippen molar-refractivity contribution in [3.05, 3.63) is 29.3 Å². The number of rotatable bonds is 3. The Morgan fingerprint density at radius 3 is 2.73 bits per heavy atom. The molecule has 0 radical (unpaired) electrons. The number of aliphatic imine (C=N–C) groups is 1. The van der Waals surface area contributed by atoms with Crippen LogP contribution in [0.5, 0.6) is 0 Å². The van der Waals surface area contributed by atoms with Crippen molar-refractivity contribution in [3.63, 3.8) is 0 Å². The van der Waals surface area contributed by atoms with Gasteiger partial charge in [0, 0.05) is 13.6 Å². The fraction of sp³-hybridized carbons (Fsp3) is 0.632. The van der Waals surface area contributed by atoms with Gasteiger partial charge in [-0.15, -0.1) is 0 Å². The molecule has 1 spiro atoms. The molecule has 1 aliphatic heterocycles. The van der Waals surface area contributed by atoms with Crippen molar-refractivity contribution >= 4 is 12.0 Å². The summed E-state index contributed by atoms with van der Waals surface area (Å²) in [6.07, 6.45) is 10.6. The fourth-order valence-electron chi connectivity index (χ4n) is 3.71. The summed E-state index contributed by atoms with van der Waals surface area (Å²) in [5.41, 5.74) is 3.93. The summed E-state index contributed by atoms with van der Waals surface area (Å²) in [7, 11) is 2.05. The monoisotopic (exact) mass is 300 g/mol. The number of nitrogens with zero attached hydrogens (tertiary/aromatic N) is 2. The summed E-state index contributed by atoms with van der Waals surface area (Å²) in [6, 6.07) is 6.70. The van der Waals surface area contributed by atoms with Crippen LogP contribution in [-0.2, 0) is 16.8 Å². The second-order valence-electron chi connectivity index (χ2n) is 6.67. The summed E-state index contributed by atoms with van der Waals surface area (Å²) in [4.78, 5) is 6.69. The lowest BCUT2D eigenvalue weighted by atomic mass is 9.81. The Labute approximate surface area is 134 Å². The number of fused-ring (bicyclic) bond motifs is 2. The molecule has 1 fully saturated rings. The molecule has 0 amide bonds. The summed E-state index contributed by atoms with van der Waals surface area (Å²) in [6.45, 7) is 3.96. The molecule has 0 atom stereocenters. The molecule has 2 aliphatic rings. The van der Waals surface area contributed by atoms with Gasteiger partial charge in [-0.25, -0.2) is 4.99 Å². The van der Waals surface area contributed by atoms with Crippen molar-refractivity contribution in [3.8, 4) is 0 Å². The third kappa shape index (κ3) is 3.19. The van der Waals surface area contributed by atoms with Gasteiger partial charge in [0.15, 0.2) is 0 Å². The number of ether oxygens (including phenoxy) is 1. The summed E-state index contributed by atoms with van der Waals surface area (Å²) in [5, 5.41) is 0. The van der Waals surface area contributed by atoms with Gasteiger partial charge in [0.05, 0.1) is 24.2 Å². The zero-order chi connectivity index (χ0) is 15.4. The number of benzene rings is 1. The van der Waals surface area contributed by atoms with Gasteiger partial charge in [-0.1, -0.05) is 31.7 Å². The maximum Gasteiger partial charge on any atom is 0.0934 e. The van der Waals surface area contributed by atoms with E-state index in [-0.39, 0.29) is 5.60 Å². The molecule has 0 bridgehead atoms. The van der Waals surface area contributed by atoms with E-state index in [0.29, 0.717) is 0 Å². The van der Waals surface area contributed by atoms with Gasteiger partial charge in [-0.3, -0.25) is 0 Å². The van der Waals surface area contributed by atoms with E-state index in [1.54, 1.807) is 0 Å². The molecule has 3 heteroatoms. The van der Waals surface area contributed by atoms with Crippen LogP contribution >= 0.6 is 0 Å². The van der Waals surface area contributed by atoms with E-state index >= 15 is 0 Å². The molecule has 120 valence electrons. The number of hydrogen-bond acceptors (Lipinski definition) is 2. The smallest absolute Gasteiger partial charge is 0.0934 e. The van der Waals surface area contributed by atoms with E-state index in [0.717, 1.165) is 25.3 Å². The van der Waals surface area contributed by atoms with Gasteiger partial charge in [0.2, 0.25) is 0 Å². The maximum absolute atomic E-state index is 6.32. The highest BCUT2D eigenvalue weighted by atomic mass is 16.5. The van der Waals surface area contributed by atoms with Gasteiger partial charge in [0.25, 0.3) is 0 Å². The minimum atomic E-state index is -0.00740. The summed E-state index contributed by atoms with van der Waals surface area (Å²) >= 11 is 0. The molecule has 3 rings (SSSR count). The van der Waals surface area contributed by atoms with E-state index in [2.05, 4.69) is 42.1 Å². The molecule has 0 N–H and O–H groups in total. The van der Waals surface area contributed by atoms with E-state index in [1.807, 2.05) is 6.34 Å². The molecular formula is C19H28N2O. The average Bonchev–Trinajstić information content (AvgIpc) is 2.79. The van der Waals surface area contributed by atoms with Crippen LogP contribution < -0.4 is 0 Å². The molecule has 0 aromatic heterocycles. The molecule has 1 heterocycles. The Morgan fingerprint density at radius 2 is 2.00 bits per heavy atom. The van der Waals surface area contributed by atoms with Crippen molar-refractivity contribution in [1.82, 2.24) is 4.90 Å². The van der Waals surface area contributed by atoms with Crippen molar-refractivity contribution < 1.29 is 4.74 Å². The van der Waals surface area contributed by atoms with Gasteiger partial charge in [-0.05, 0) is 49.4 Å². The Balaban J connectivity index is 1.87. The summed E-state index contributed by atoms with van der Waals surface area (Å²) < 4.78 is 6.32. The predicted molar refractivity (Wildman–Crippen MR) is 91.9 cm³/mol. The zero-order valence-corrected chi connectivity index (χ0v) is 14.0. The zero-order valence-electron chi connectivity index (χ0n) is 14.0. The van der Waals surface area contributed by atoms with Crippen molar-refractivity contribution in [2.45, 2.75) is 57.5 Å². The van der Waals surface area contributed by atoms with Crippen LogP contribution in [0.2, 0.25) is 0 Å². The predicted octanol–water partition coefficient (Wildman–Crippen LogP) is 4.42. The molecule has 1 aromatic rings. The van der Waals surface area contributed by atoms with Gasteiger partial charge in [0.1, 0.15) is 0 Å². The van der Waals surface area contributed by atoms with Crippen LogP contribution in [0.3, 0.4) is 0 Å². The normalized spacial score (nSPS) is 20.8. The standard InChI is InChI=1S/C19H28N2O/c1-3-21(2)15-20-17-8-9-18-16(14-17)10-13-22-19(18)11-6-4-5-7-12-19/h8-9,14-15H,3-7,10-13H2,1-2H3. The number of hydrogen-bond donors (Lipinski definition) is 0. The van der Waals surface area contributed by atoms with E-state index < -0.39 is 0 Å². The molecule has 1 saturated carbocycles. The SMILES string of the molecule is CCN(C)C=Nc1ccc2c(c1)CCOC21CCCCCC1. The molecule has 0 saturated heterocycles. The first kappa shape index (κ1) is 15.5. The Morgan fingerprint density at radius 1 is 1.23 bits per heavy atom. The van der Waals surface area contributed by atoms with Crippen LogP contribution in [0.25, 0.3) is 0 Å². The van der Waals surface area contributed by atoms with E-state index in [9.17, 15) is 0 Å². The van der Waals surface area contributed by atoms with Gasteiger partial charge >= 0.3 is 0 Å². The largest absolute Gasteiger partial charge is 0.370 e. The van der Waals surface area contributed by atoms with Crippen molar-refractivity contribution in [1.29, 1.82) is 0 Å². The van der Waals surface area contributed by atoms with E-state index in [1.165, 1.54) is 49.7 Å². The highest BCUT2D eigenvalue weighted by Gasteiger charge is 2.37. The van der Waals surface area contributed by atoms with Crippen LogP contribution in [0.1, 0.15) is 56.6 Å². The van der Waals surface area contributed by atoms with Gasteiger partial charge in [-0.2, -0.15) is 0 Å². The third-order valence-corrected chi connectivity index (χ3v) is 5.14. The minimum Gasteiger partial charge on any atom is -0.370 e. The Hall–Kier alpha value is -1.35.